The van der Waals surface area contributed by atoms with Gasteiger partial charge in [0.25, 0.3) is 0 Å². The molecule has 0 atom stereocenters. The molecule has 1 aliphatic rings. The van der Waals surface area contributed by atoms with E-state index >= 15 is 0 Å². The van der Waals surface area contributed by atoms with Crippen molar-refractivity contribution in [2.24, 2.45) is 0 Å². The van der Waals surface area contributed by atoms with Crippen LogP contribution in [-0.2, 0) is 13.1 Å². The zero-order chi connectivity index (χ0) is 19.2. The van der Waals surface area contributed by atoms with E-state index in [1.54, 1.807) is 0 Å². The fourth-order valence-electron chi connectivity index (χ4n) is 4.37. The average molecular weight is 373 g/mol. The smallest absolute Gasteiger partial charge is 0.0970 e. The van der Waals surface area contributed by atoms with Gasteiger partial charge in [0.15, 0.2) is 0 Å². The zero-order valence-electron chi connectivity index (χ0n) is 15.9. The highest BCUT2D eigenvalue weighted by molar-refractivity contribution is 6.07. The summed E-state index contributed by atoms with van der Waals surface area (Å²) in [6.07, 6.45) is 3.72. The lowest BCUT2D eigenvalue weighted by Crippen LogP contribution is -2.14. The van der Waals surface area contributed by atoms with Crippen molar-refractivity contribution < 1.29 is 0 Å². The minimum Gasteiger partial charge on any atom is -0.363 e. The Morgan fingerprint density at radius 2 is 1.38 bits per heavy atom. The summed E-state index contributed by atoms with van der Waals surface area (Å²) in [6, 6.07) is 28.0. The molecule has 138 valence electrons. The Morgan fingerprint density at radius 3 is 2.17 bits per heavy atom. The minimum atomic E-state index is 0.957. The maximum Gasteiger partial charge on any atom is 0.0970 e. The number of hydrogen-bond donors (Lipinski definition) is 0. The number of benzene rings is 3. The number of hydrogen-bond acceptors (Lipinski definition) is 3. The number of nitrogens with zero attached hydrogens (tertiary/aromatic N) is 3. The van der Waals surface area contributed by atoms with Gasteiger partial charge in [0.1, 0.15) is 0 Å². The van der Waals surface area contributed by atoms with E-state index in [0.717, 1.165) is 34.9 Å². The summed E-state index contributed by atoms with van der Waals surface area (Å²) in [7, 11) is 0. The lowest BCUT2D eigenvalue weighted by molar-refractivity contribution is 0.881. The highest BCUT2D eigenvalue weighted by Gasteiger charge is 2.18. The fraction of sp³-hybridized carbons (Fsp3) is 0.0769. The van der Waals surface area contributed by atoms with Crippen LogP contribution in [0.15, 0.2) is 91.3 Å². The summed E-state index contributed by atoms with van der Waals surface area (Å²) in [5.74, 6) is 0. The molecule has 0 aliphatic carbocycles. The maximum absolute atomic E-state index is 4.63. The van der Waals surface area contributed by atoms with E-state index < -0.39 is 0 Å². The van der Waals surface area contributed by atoms with Crippen LogP contribution in [0, 0.1) is 0 Å². The van der Waals surface area contributed by atoms with Gasteiger partial charge in [0.2, 0.25) is 0 Å². The van der Waals surface area contributed by atoms with Crippen LogP contribution in [0.5, 0.6) is 0 Å². The van der Waals surface area contributed by atoms with Crippen LogP contribution in [0.3, 0.4) is 0 Å². The lowest BCUT2D eigenvalue weighted by Gasteiger charge is -2.18. The molecular formula is C26H19N3. The minimum absolute atomic E-state index is 0.957. The van der Waals surface area contributed by atoms with Crippen molar-refractivity contribution in [2.75, 3.05) is 4.90 Å². The van der Waals surface area contributed by atoms with E-state index in [4.69, 9.17) is 0 Å². The summed E-state index contributed by atoms with van der Waals surface area (Å²) >= 11 is 0. The second-order valence-corrected chi connectivity index (χ2v) is 7.57. The van der Waals surface area contributed by atoms with Gasteiger partial charge in [-0.15, -0.1) is 0 Å². The Hall–Kier alpha value is -3.72. The van der Waals surface area contributed by atoms with Crippen molar-refractivity contribution >= 4 is 27.5 Å². The van der Waals surface area contributed by atoms with E-state index in [0.29, 0.717) is 0 Å². The largest absolute Gasteiger partial charge is 0.363 e. The molecule has 0 bridgehead atoms. The van der Waals surface area contributed by atoms with Gasteiger partial charge < -0.3 is 4.90 Å². The summed E-state index contributed by atoms with van der Waals surface area (Å²) in [5.41, 5.74) is 8.42. The number of pyridine rings is 2. The molecule has 0 saturated heterocycles. The molecule has 5 aromatic rings. The quantitative estimate of drug-likeness (QED) is 0.357. The molecule has 0 spiro atoms. The summed E-state index contributed by atoms with van der Waals surface area (Å²) < 4.78 is 0. The first-order valence-electron chi connectivity index (χ1n) is 9.91. The standard InChI is InChI=1S/C26H19N3/c1-2-5-21-17-29(16-20(21)4-1)22-10-7-18(8-11-22)23-13-15-28-26-24(23)12-9-19-6-3-14-27-25(19)26/h1-15H,16-17H2. The van der Waals surface area contributed by atoms with E-state index in [1.165, 1.54) is 27.9 Å². The summed E-state index contributed by atoms with van der Waals surface area (Å²) in [6.45, 7) is 1.96. The molecule has 3 heterocycles. The van der Waals surface area contributed by atoms with Crippen LogP contribution in [0.2, 0.25) is 0 Å². The fourth-order valence-corrected chi connectivity index (χ4v) is 4.37. The molecule has 0 radical (unpaired) electrons. The van der Waals surface area contributed by atoms with Crippen molar-refractivity contribution in [1.29, 1.82) is 0 Å². The van der Waals surface area contributed by atoms with E-state index in [2.05, 4.69) is 87.7 Å². The van der Waals surface area contributed by atoms with E-state index in [9.17, 15) is 0 Å². The monoisotopic (exact) mass is 373 g/mol. The number of anilines is 1. The summed E-state index contributed by atoms with van der Waals surface area (Å²) in [5, 5.41) is 2.26. The average Bonchev–Trinajstić information content (AvgIpc) is 3.23. The molecule has 2 aromatic heterocycles. The van der Waals surface area contributed by atoms with Gasteiger partial charge in [-0.1, -0.05) is 54.6 Å². The van der Waals surface area contributed by atoms with E-state index in [1.807, 2.05) is 18.5 Å². The predicted octanol–water partition coefficient (Wildman–Crippen LogP) is 5.97. The summed E-state index contributed by atoms with van der Waals surface area (Å²) in [4.78, 5) is 11.6. The first-order chi connectivity index (χ1) is 14.4. The third kappa shape index (κ3) is 2.66. The van der Waals surface area contributed by atoms with Crippen LogP contribution in [-0.4, -0.2) is 9.97 Å². The first kappa shape index (κ1) is 16.3. The second-order valence-electron chi connectivity index (χ2n) is 7.57. The number of aromatic nitrogens is 2. The van der Waals surface area contributed by atoms with Crippen LogP contribution in [0.25, 0.3) is 32.9 Å². The number of rotatable bonds is 2. The third-order valence-corrected chi connectivity index (χ3v) is 5.87. The molecule has 3 aromatic carbocycles. The van der Waals surface area contributed by atoms with Crippen molar-refractivity contribution in [3.8, 4) is 11.1 Å². The highest BCUT2D eigenvalue weighted by Crippen LogP contribution is 2.33. The molecule has 0 unspecified atom stereocenters. The van der Waals surface area contributed by atoms with Gasteiger partial charge in [-0.25, -0.2) is 0 Å². The normalized spacial score (nSPS) is 13.2. The van der Waals surface area contributed by atoms with Crippen LogP contribution >= 0.6 is 0 Å². The maximum atomic E-state index is 4.63. The van der Waals surface area contributed by atoms with Crippen LogP contribution in [0.4, 0.5) is 5.69 Å². The first-order valence-corrected chi connectivity index (χ1v) is 9.91. The molecule has 29 heavy (non-hydrogen) atoms. The number of fused-ring (bicyclic) bond motifs is 4. The van der Waals surface area contributed by atoms with Gasteiger partial charge in [0.05, 0.1) is 11.0 Å². The molecule has 0 saturated carbocycles. The van der Waals surface area contributed by atoms with Gasteiger partial charge >= 0.3 is 0 Å². The van der Waals surface area contributed by atoms with Crippen molar-refractivity contribution in [1.82, 2.24) is 9.97 Å². The van der Waals surface area contributed by atoms with Gasteiger partial charge in [-0.05, 0) is 46.5 Å². The molecule has 0 N–H and O–H groups in total. The molecule has 0 fully saturated rings. The molecule has 0 amide bonds. The third-order valence-electron chi connectivity index (χ3n) is 5.87. The SMILES string of the molecule is c1ccc2c(c1)CN(c1ccc(-c3ccnc4c3ccc3cccnc34)cc1)C2. The Kier molecular flexibility index (Phi) is 3.60. The van der Waals surface area contributed by atoms with Gasteiger partial charge in [0, 0.05) is 41.9 Å². The lowest BCUT2D eigenvalue weighted by atomic mass is 9.99. The van der Waals surface area contributed by atoms with Crippen LogP contribution in [0.1, 0.15) is 11.1 Å². The highest BCUT2D eigenvalue weighted by atomic mass is 15.1. The molecular weight excluding hydrogens is 354 g/mol. The molecule has 3 heteroatoms. The Bertz CT molecular complexity index is 1330. The molecule has 3 nitrogen and oxygen atoms in total. The predicted molar refractivity (Wildman–Crippen MR) is 119 cm³/mol. The Morgan fingerprint density at radius 1 is 0.621 bits per heavy atom. The zero-order valence-corrected chi connectivity index (χ0v) is 15.9. The molecule has 6 rings (SSSR count). The van der Waals surface area contributed by atoms with Crippen molar-refractivity contribution in [3.63, 3.8) is 0 Å². The van der Waals surface area contributed by atoms with Crippen molar-refractivity contribution in [2.45, 2.75) is 13.1 Å². The molecule has 1 aliphatic heterocycles. The van der Waals surface area contributed by atoms with Crippen molar-refractivity contribution in [3.05, 3.63) is 102 Å². The van der Waals surface area contributed by atoms with Gasteiger partial charge in [-0.3, -0.25) is 9.97 Å². The van der Waals surface area contributed by atoms with Crippen LogP contribution < -0.4 is 4.90 Å². The second kappa shape index (κ2) is 6.42. The Balaban J connectivity index is 1.39. The Labute approximate surface area is 169 Å². The van der Waals surface area contributed by atoms with Gasteiger partial charge in [-0.2, -0.15) is 0 Å². The topological polar surface area (TPSA) is 29.0 Å². The van der Waals surface area contributed by atoms with E-state index in [-0.39, 0.29) is 0 Å².